The molecule has 130 valence electrons. The van der Waals surface area contributed by atoms with Crippen molar-refractivity contribution in [2.75, 3.05) is 29.9 Å². The lowest BCUT2D eigenvalue weighted by atomic mass is 9.77. The molecule has 2 saturated heterocycles. The van der Waals surface area contributed by atoms with Crippen LogP contribution in [0.3, 0.4) is 0 Å². The molecule has 7 heteroatoms. The second kappa shape index (κ2) is 6.31. The Bertz CT molecular complexity index is 770. The molecule has 2 N–H and O–H groups in total. The topological polar surface area (TPSA) is 83.0 Å². The second-order valence-corrected chi connectivity index (χ2v) is 6.83. The van der Waals surface area contributed by atoms with Crippen LogP contribution < -0.4 is 15.5 Å². The predicted octanol–water partition coefficient (Wildman–Crippen LogP) is 2.03. The molecule has 4 rings (SSSR count). The van der Waals surface area contributed by atoms with E-state index in [1.165, 1.54) is 0 Å². The highest BCUT2D eigenvalue weighted by Gasteiger charge is 2.44. The molecule has 0 aromatic carbocycles. The van der Waals surface area contributed by atoms with Gasteiger partial charge in [-0.05, 0) is 38.3 Å². The molecule has 0 atom stereocenters. The van der Waals surface area contributed by atoms with Gasteiger partial charge in [0, 0.05) is 49.5 Å². The van der Waals surface area contributed by atoms with Gasteiger partial charge in [0.05, 0.1) is 5.41 Å². The third kappa shape index (κ3) is 3.01. The van der Waals surface area contributed by atoms with Gasteiger partial charge >= 0.3 is 0 Å². The molecule has 25 heavy (non-hydrogen) atoms. The molecule has 7 nitrogen and oxygen atoms in total. The minimum Gasteiger partial charge on any atom is -0.356 e. The Balaban J connectivity index is 1.51. The molecule has 1 spiro atoms. The van der Waals surface area contributed by atoms with Crippen LogP contribution in [-0.4, -0.2) is 40.5 Å². The lowest BCUT2D eigenvalue weighted by Gasteiger charge is -2.38. The summed E-state index contributed by atoms with van der Waals surface area (Å²) in [5.41, 5.74) is 1.80. The minimum atomic E-state index is -0.157. The number of anilines is 3. The first-order valence-electron chi connectivity index (χ1n) is 8.70. The van der Waals surface area contributed by atoms with Crippen LogP contribution in [-0.2, 0) is 4.79 Å². The Morgan fingerprint density at radius 3 is 2.64 bits per heavy atom. The number of rotatable bonds is 3. The van der Waals surface area contributed by atoms with Gasteiger partial charge in [-0.2, -0.15) is 4.98 Å². The van der Waals surface area contributed by atoms with E-state index in [1.54, 1.807) is 12.4 Å². The SMILES string of the molecule is Cc1cnc(Nc2ccncc2)nc1N1CCC2(CCNC2=O)CC1. The first-order valence-corrected chi connectivity index (χ1v) is 8.70. The van der Waals surface area contributed by atoms with Gasteiger partial charge in [0.15, 0.2) is 0 Å². The number of aryl methyl sites for hydroxylation is 1. The van der Waals surface area contributed by atoms with Gasteiger partial charge in [-0.1, -0.05) is 0 Å². The van der Waals surface area contributed by atoms with Crippen molar-refractivity contribution in [2.45, 2.75) is 26.2 Å². The van der Waals surface area contributed by atoms with Crippen molar-refractivity contribution in [1.82, 2.24) is 20.3 Å². The highest BCUT2D eigenvalue weighted by Crippen LogP contribution is 2.39. The molecule has 4 heterocycles. The third-order valence-electron chi connectivity index (χ3n) is 5.27. The monoisotopic (exact) mass is 338 g/mol. The van der Waals surface area contributed by atoms with E-state index >= 15 is 0 Å². The number of hydrogen-bond donors (Lipinski definition) is 2. The lowest BCUT2D eigenvalue weighted by molar-refractivity contribution is -0.128. The van der Waals surface area contributed by atoms with Gasteiger partial charge in [0.25, 0.3) is 0 Å². The maximum Gasteiger partial charge on any atom is 0.229 e. The first kappa shape index (κ1) is 15.8. The van der Waals surface area contributed by atoms with Crippen molar-refractivity contribution in [3.63, 3.8) is 0 Å². The zero-order valence-corrected chi connectivity index (χ0v) is 14.3. The molecular weight excluding hydrogens is 316 g/mol. The maximum absolute atomic E-state index is 12.1. The van der Waals surface area contributed by atoms with Crippen molar-refractivity contribution in [3.8, 4) is 0 Å². The van der Waals surface area contributed by atoms with Crippen LogP contribution in [0.4, 0.5) is 17.5 Å². The van der Waals surface area contributed by atoms with E-state index in [9.17, 15) is 4.79 Å². The normalized spacial score (nSPS) is 19.1. The fraction of sp³-hybridized carbons (Fsp3) is 0.444. The molecule has 2 fully saturated rings. The molecule has 0 unspecified atom stereocenters. The van der Waals surface area contributed by atoms with E-state index in [0.717, 1.165) is 56.0 Å². The average molecular weight is 338 g/mol. The summed E-state index contributed by atoms with van der Waals surface area (Å²) in [6.07, 6.45) is 8.03. The predicted molar refractivity (Wildman–Crippen MR) is 95.8 cm³/mol. The van der Waals surface area contributed by atoms with Crippen LogP contribution in [0.25, 0.3) is 0 Å². The quantitative estimate of drug-likeness (QED) is 0.891. The minimum absolute atomic E-state index is 0.157. The maximum atomic E-state index is 12.1. The van der Waals surface area contributed by atoms with Gasteiger partial charge in [0.1, 0.15) is 5.82 Å². The first-order chi connectivity index (χ1) is 12.2. The van der Waals surface area contributed by atoms with Crippen molar-refractivity contribution in [2.24, 2.45) is 5.41 Å². The van der Waals surface area contributed by atoms with Crippen molar-refractivity contribution in [3.05, 3.63) is 36.3 Å². The summed E-state index contributed by atoms with van der Waals surface area (Å²) in [4.78, 5) is 27.5. The average Bonchev–Trinajstić information content (AvgIpc) is 2.99. The summed E-state index contributed by atoms with van der Waals surface area (Å²) in [6, 6.07) is 3.76. The van der Waals surface area contributed by atoms with Crippen LogP contribution in [0, 0.1) is 12.3 Å². The number of piperidine rings is 1. The Morgan fingerprint density at radius 2 is 1.96 bits per heavy atom. The van der Waals surface area contributed by atoms with Crippen molar-refractivity contribution < 1.29 is 4.79 Å². The largest absolute Gasteiger partial charge is 0.356 e. The molecule has 0 saturated carbocycles. The Kier molecular flexibility index (Phi) is 3.99. The highest BCUT2D eigenvalue weighted by atomic mass is 16.2. The van der Waals surface area contributed by atoms with Crippen LogP contribution in [0.2, 0.25) is 0 Å². The van der Waals surface area contributed by atoms with Gasteiger partial charge < -0.3 is 15.5 Å². The lowest BCUT2D eigenvalue weighted by Crippen LogP contribution is -2.44. The molecule has 2 aromatic heterocycles. The van der Waals surface area contributed by atoms with Gasteiger partial charge in [-0.25, -0.2) is 4.98 Å². The number of hydrogen-bond acceptors (Lipinski definition) is 6. The smallest absolute Gasteiger partial charge is 0.229 e. The summed E-state index contributed by atoms with van der Waals surface area (Å²) in [5, 5.41) is 6.20. The van der Waals surface area contributed by atoms with Crippen LogP contribution in [0.15, 0.2) is 30.7 Å². The molecule has 1 amide bonds. The van der Waals surface area contributed by atoms with Crippen LogP contribution in [0.5, 0.6) is 0 Å². The highest BCUT2D eigenvalue weighted by molar-refractivity contribution is 5.85. The summed E-state index contributed by atoms with van der Waals surface area (Å²) in [7, 11) is 0. The summed E-state index contributed by atoms with van der Waals surface area (Å²) in [6.45, 7) is 4.53. The fourth-order valence-corrected chi connectivity index (χ4v) is 3.72. The zero-order valence-electron chi connectivity index (χ0n) is 14.3. The number of nitrogens with one attached hydrogen (secondary N) is 2. The van der Waals surface area contributed by atoms with Gasteiger partial charge in [0.2, 0.25) is 11.9 Å². The third-order valence-corrected chi connectivity index (χ3v) is 5.27. The van der Waals surface area contributed by atoms with Crippen molar-refractivity contribution >= 4 is 23.4 Å². The molecule has 2 aliphatic heterocycles. The molecule has 0 bridgehead atoms. The van der Waals surface area contributed by atoms with E-state index in [2.05, 4.69) is 25.5 Å². The van der Waals surface area contributed by atoms with Crippen LogP contribution >= 0.6 is 0 Å². The molecular formula is C18H22N6O. The van der Waals surface area contributed by atoms with Crippen LogP contribution in [0.1, 0.15) is 24.8 Å². The molecule has 0 aliphatic carbocycles. The molecule has 0 radical (unpaired) electrons. The number of aromatic nitrogens is 3. The Labute approximate surface area is 146 Å². The van der Waals surface area contributed by atoms with Gasteiger partial charge in [-0.3, -0.25) is 9.78 Å². The Morgan fingerprint density at radius 1 is 1.20 bits per heavy atom. The fourth-order valence-electron chi connectivity index (χ4n) is 3.72. The summed E-state index contributed by atoms with van der Waals surface area (Å²) in [5.74, 6) is 1.75. The number of carbonyl (C=O) groups is 1. The zero-order chi connectivity index (χ0) is 17.3. The summed E-state index contributed by atoms with van der Waals surface area (Å²) < 4.78 is 0. The second-order valence-electron chi connectivity index (χ2n) is 6.83. The standard InChI is InChI=1S/C18H22N6O/c1-13-12-21-17(22-14-2-7-19-8-3-14)23-15(13)24-10-5-18(6-11-24)4-9-20-16(18)25/h2-3,7-8,12H,4-6,9-11H2,1H3,(H,20,25)(H,19,21,22,23). The Hall–Kier alpha value is -2.70. The number of amides is 1. The molecule has 2 aliphatic rings. The summed E-state index contributed by atoms with van der Waals surface area (Å²) >= 11 is 0. The molecule has 2 aromatic rings. The van der Waals surface area contributed by atoms with E-state index in [1.807, 2.05) is 25.3 Å². The van der Waals surface area contributed by atoms with E-state index < -0.39 is 0 Å². The number of pyridine rings is 1. The van der Waals surface area contributed by atoms with Gasteiger partial charge in [-0.15, -0.1) is 0 Å². The van der Waals surface area contributed by atoms with E-state index in [4.69, 9.17) is 4.98 Å². The van der Waals surface area contributed by atoms with Crippen molar-refractivity contribution in [1.29, 1.82) is 0 Å². The van der Waals surface area contributed by atoms with E-state index in [0.29, 0.717) is 5.95 Å². The number of carbonyl (C=O) groups excluding carboxylic acids is 1. The number of nitrogens with zero attached hydrogens (tertiary/aromatic N) is 4. The van der Waals surface area contributed by atoms with E-state index in [-0.39, 0.29) is 11.3 Å².